The van der Waals surface area contributed by atoms with Gasteiger partial charge in [0, 0.05) is 21.4 Å². The lowest BCUT2D eigenvalue weighted by atomic mass is 10.2. The third-order valence-corrected chi connectivity index (χ3v) is 3.23. The first-order chi connectivity index (χ1) is 8.08. The van der Waals surface area contributed by atoms with E-state index in [9.17, 15) is 5.11 Å². The maximum absolute atomic E-state index is 9.73. The number of hydrogen-bond acceptors (Lipinski definition) is 2. The van der Waals surface area contributed by atoms with E-state index >= 15 is 0 Å². The second-order valence-electron chi connectivity index (χ2n) is 4.06. The van der Waals surface area contributed by atoms with E-state index in [2.05, 4.69) is 33.5 Å². The molecule has 2 rings (SSSR count). The highest BCUT2D eigenvalue weighted by Gasteiger charge is 2.04. The van der Waals surface area contributed by atoms with Crippen molar-refractivity contribution >= 4 is 15.9 Å². The Kier molecular flexibility index (Phi) is 3.43. The minimum atomic E-state index is 0.308. The van der Waals surface area contributed by atoms with Crippen molar-refractivity contribution < 1.29 is 5.11 Å². The fourth-order valence-corrected chi connectivity index (χ4v) is 2.19. The van der Waals surface area contributed by atoms with Crippen molar-refractivity contribution in [1.82, 2.24) is 4.68 Å². The van der Waals surface area contributed by atoms with E-state index in [1.165, 1.54) is 0 Å². The van der Waals surface area contributed by atoms with Crippen LogP contribution >= 0.6 is 15.9 Å². The van der Waals surface area contributed by atoms with Crippen molar-refractivity contribution in [3.05, 3.63) is 51.8 Å². The van der Waals surface area contributed by atoms with Crippen molar-refractivity contribution in [2.45, 2.75) is 20.4 Å². The molecule has 0 aliphatic rings. The van der Waals surface area contributed by atoms with Crippen LogP contribution in [0.4, 0.5) is 0 Å². The third-order valence-electron chi connectivity index (χ3n) is 2.74. The zero-order valence-electron chi connectivity index (χ0n) is 9.87. The molecule has 0 amide bonds. The molecule has 0 radical (unpaired) electrons. The van der Waals surface area contributed by atoms with Gasteiger partial charge in [-0.25, -0.2) is 0 Å². The summed E-state index contributed by atoms with van der Waals surface area (Å²) in [4.78, 5) is 0. The lowest BCUT2D eigenvalue weighted by Crippen LogP contribution is -2.16. The quantitative estimate of drug-likeness (QED) is 0.911. The number of benzene rings is 1. The average Bonchev–Trinajstić information content (AvgIpc) is 2.61. The summed E-state index contributed by atoms with van der Waals surface area (Å²) in [5.41, 5.74) is 6.45. The molecule has 2 aromatic rings. The molecule has 17 heavy (non-hydrogen) atoms. The number of aromatic hydroxyl groups is 1. The van der Waals surface area contributed by atoms with E-state index in [1.807, 2.05) is 30.7 Å². The minimum Gasteiger partial charge on any atom is -0.508 e. The topological polar surface area (TPSA) is 37.2 Å². The van der Waals surface area contributed by atoms with Crippen molar-refractivity contribution in [3.8, 4) is 5.75 Å². The molecule has 0 aliphatic carbocycles. The standard InChI is InChI=1S/C13H15BrN2O/c1-9-3-4-10(2)16(9)15-8-11-7-12(14)5-6-13(11)17/h3-7,15,17H,8H2,1-2H3. The Morgan fingerprint density at radius 3 is 2.47 bits per heavy atom. The SMILES string of the molecule is Cc1ccc(C)n1NCc1cc(Br)ccc1O. The van der Waals surface area contributed by atoms with Gasteiger partial charge >= 0.3 is 0 Å². The van der Waals surface area contributed by atoms with Crippen molar-refractivity contribution in [3.63, 3.8) is 0 Å². The van der Waals surface area contributed by atoms with Gasteiger partial charge in [0.15, 0.2) is 0 Å². The van der Waals surface area contributed by atoms with E-state index in [0.29, 0.717) is 12.3 Å². The predicted molar refractivity (Wildman–Crippen MR) is 72.8 cm³/mol. The number of phenolic OH excluding ortho intramolecular Hbond substituents is 1. The Morgan fingerprint density at radius 1 is 1.18 bits per heavy atom. The second-order valence-corrected chi connectivity index (χ2v) is 4.98. The van der Waals surface area contributed by atoms with E-state index in [1.54, 1.807) is 6.07 Å². The van der Waals surface area contributed by atoms with Crippen LogP contribution < -0.4 is 5.43 Å². The fourth-order valence-electron chi connectivity index (χ4n) is 1.78. The van der Waals surface area contributed by atoms with Crippen LogP contribution in [0.3, 0.4) is 0 Å². The molecule has 0 aliphatic heterocycles. The summed E-state index contributed by atoms with van der Waals surface area (Å²) >= 11 is 3.40. The number of hydrogen-bond donors (Lipinski definition) is 2. The Hall–Kier alpha value is -1.42. The Balaban J connectivity index is 2.15. The summed E-state index contributed by atoms with van der Waals surface area (Å²) in [7, 11) is 0. The number of rotatable bonds is 3. The largest absolute Gasteiger partial charge is 0.508 e. The molecule has 0 spiro atoms. The molecule has 3 nitrogen and oxygen atoms in total. The fraction of sp³-hybridized carbons (Fsp3) is 0.231. The zero-order valence-corrected chi connectivity index (χ0v) is 11.5. The first-order valence-corrected chi connectivity index (χ1v) is 6.23. The van der Waals surface area contributed by atoms with Gasteiger partial charge in [-0.15, -0.1) is 0 Å². The van der Waals surface area contributed by atoms with E-state index in [-0.39, 0.29) is 0 Å². The van der Waals surface area contributed by atoms with Crippen LogP contribution in [0.25, 0.3) is 0 Å². The molecule has 1 aromatic heterocycles. The predicted octanol–water partition coefficient (Wildman–Crippen LogP) is 3.32. The Morgan fingerprint density at radius 2 is 1.82 bits per heavy atom. The Labute approximate surface area is 109 Å². The molecule has 0 atom stereocenters. The van der Waals surface area contributed by atoms with Crippen LogP contribution in [0.5, 0.6) is 5.75 Å². The molecule has 0 fully saturated rings. The monoisotopic (exact) mass is 294 g/mol. The van der Waals surface area contributed by atoms with Crippen LogP contribution in [0.15, 0.2) is 34.8 Å². The average molecular weight is 295 g/mol. The van der Waals surface area contributed by atoms with E-state index < -0.39 is 0 Å². The van der Waals surface area contributed by atoms with Gasteiger partial charge in [0.1, 0.15) is 5.75 Å². The molecule has 1 heterocycles. The summed E-state index contributed by atoms with van der Waals surface area (Å²) in [5, 5.41) is 9.73. The normalized spacial score (nSPS) is 10.5. The van der Waals surface area contributed by atoms with Crippen molar-refractivity contribution in [2.24, 2.45) is 0 Å². The molecule has 0 saturated heterocycles. The van der Waals surface area contributed by atoms with Gasteiger partial charge in [-0.1, -0.05) is 15.9 Å². The summed E-state index contributed by atoms with van der Waals surface area (Å²) in [6.07, 6.45) is 0. The number of nitrogens with one attached hydrogen (secondary N) is 1. The highest BCUT2D eigenvalue weighted by molar-refractivity contribution is 9.10. The van der Waals surface area contributed by atoms with Gasteiger partial charge in [0.2, 0.25) is 0 Å². The van der Waals surface area contributed by atoms with Gasteiger partial charge in [-0.2, -0.15) is 0 Å². The number of halogens is 1. The lowest BCUT2D eigenvalue weighted by molar-refractivity contribution is 0.468. The Bertz CT molecular complexity index is 515. The second kappa shape index (κ2) is 4.84. The van der Waals surface area contributed by atoms with Gasteiger partial charge in [-0.3, -0.25) is 4.68 Å². The van der Waals surface area contributed by atoms with Gasteiger partial charge < -0.3 is 10.5 Å². The summed E-state index contributed by atoms with van der Waals surface area (Å²) in [6, 6.07) is 9.55. The van der Waals surface area contributed by atoms with Crippen LogP contribution in [0.2, 0.25) is 0 Å². The maximum atomic E-state index is 9.73. The van der Waals surface area contributed by atoms with Crippen molar-refractivity contribution in [2.75, 3.05) is 5.43 Å². The number of aryl methyl sites for hydroxylation is 2. The van der Waals surface area contributed by atoms with Crippen LogP contribution in [-0.4, -0.2) is 9.78 Å². The summed E-state index contributed by atoms with van der Waals surface area (Å²) in [6.45, 7) is 4.67. The minimum absolute atomic E-state index is 0.308. The van der Waals surface area contributed by atoms with Gasteiger partial charge in [0.25, 0.3) is 0 Å². The lowest BCUT2D eigenvalue weighted by Gasteiger charge is -2.13. The summed E-state index contributed by atoms with van der Waals surface area (Å²) < 4.78 is 2.98. The van der Waals surface area contributed by atoms with Crippen LogP contribution in [-0.2, 0) is 6.54 Å². The van der Waals surface area contributed by atoms with Crippen LogP contribution in [0, 0.1) is 13.8 Å². The molecular formula is C13H15BrN2O. The molecule has 1 aromatic carbocycles. The first kappa shape index (κ1) is 12.0. The van der Waals surface area contributed by atoms with Gasteiger partial charge in [0.05, 0.1) is 6.54 Å². The van der Waals surface area contributed by atoms with Crippen molar-refractivity contribution in [1.29, 1.82) is 0 Å². The first-order valence-electron chi connectivity index (χ1n) is 5.44. The third kappa shape index (κ3) is 2.64. The maximum Gasteiger partial charge on any atom is 0.120 e. The number of aromatic nitrogens is 1. The number of nitrogens with zero attached hydrogens (tertiary/aromatic N) is 1. The van der Waals surface area contributed by atoms with Gasteiger partial charge in [-0.05, 0) is 44.2 Å². The molecule has 90 valence electrons. The van der Waals surface area contributed by atoms with Crippen LogP contribution in [0.1, 0.15) is 17.0 Å². The van der Waals surface area contributed by atoms with E-state index in [0.717, 1.165) is 21.4 Å². The molecule has 0 unspecified atom stereocenters. The zero-order chi connectivity index (χ0) is 12.4. The smallest absolute Gasteiger partial charge is 0.120 e. The number of phenols is 1. The molecule has 2 N–H and O–H groups in total. The summed E-state index contributed by atoms with van der Waals surface area (Å²) in [5.74, 6) is 0.308. The highest BCUT2D eigenvalue weighted by Crippen LogP contribution is 2.22. The van der Waals surface area contributed by atoms with E-state index in [4.69, 9.17) is 0 Å². The highest BCUT2D eigenvalue weighted by atomic mass is 79.9. The molecular weight excluding hydrogens is 280 g/mol. The molecule has 4 heteroatoms. The molecule has 0 saturated carbocycles. The molecule has 0 bridgehead atoms.